The molecule has 1 atom stereocenters. The number of hydrogen-bond acceptors (Lipinski definition) is 5. The summed E-state index contributed by atoms with van der Waals surface area (Å²) >= 11 is 0. The number of hydrogen-bond donors (Lipinski definition) is 0. The van der Waals surface area contributed by atoms with Gasteiger partial charge in [-0.05, 0) is 44.0 Å². The number of anilines is 1. The summed E-state index contributed by atoms with van der Waals surface area (Å²) < 4.78 is 1.90. The first-order chi connectivity index (χ1) is 17.0. The molecule has 0 aliphatic carbocycles. The van der Waals surface area contributed by atoms with Crippen LogP contribution in [0.3, 0.4) is 0 Å². The van der Waals surface area contributed by atoms with E-state index in [9.17, 15) is 4.79 Å². The summed E-state index contributed by atoms with van der Waals surface area (Å²) in [5.41, 5.74) is 3.71. The van der Waals surface area contributed by atoms with Crippen LogP contribution in [0.25, 0.3) is 16.7 Å². The number of rotatable bonds is 5. The number of fused-ring (bicyclic) bond motifs is 1. The summed E-state index contributed by atoms with van der Waals surface area (Å²) in [4.78, 5) is 27.4. The minimum absolute atomic E-state index is 0.0943. The van der Waals surface area contributed by atoms with Crippen LogP contribution in [0, 0.1) is 6.92 Å². The predicted molar refractivity (Wildman–Crippen MR) is 139 cm³/mol. The third kappa shape index (κ3) is 4.63. The topological polar surface area (TPSA) is 67.2 Å². The Labute approximate surface area is 206 Å². The summed E-state index contributed by atoms with van der Waals surface area (Å²) in [7, 11) is 0. The van der Waals surface area contributed by atoms with Crippen LogP contribution in [0.5, 0.6) is 0 Å². The van der Waals surface area contributed by atoms with Crippen molar-refractivity contribution in [3.05, 3.63) is 77.7 Å². The second-order valence-corrected chi connectivity index (χ2v) is 9.34. The molecule has 5 rings (SSSR count). The number of aryl methyl sites for hydroxylation is 1. The van der Waals surface area contributed by atoms with Gasteiger partial charge >= 0.3 is 0 Å². The fourth-order valence-corrected chi connectivity index (χ4v) is 4.52. The van der Waals surface area contributed by atoms with Crippen LogP contribution in [-0.4, -0.2) is 56.7 Å². The number of amides is 1. The van der Waals surface area contributed by atoms with E-state index in [0.29, 0.717) is 6.54 Å². The maximum absolute atomic E-state index is 13.1. The molecule has 7 nitrogen and oxygen atoms in total. The first-order valence-electron chi connectivity index (χ1n) is 12.5. The normalized spacial score (nSPS) is 15.3. The molecule has 1 amide bonds. The Morgan fingerprint density at radius 1 is 0.971 bits per heavy atom. The summed E-state index contributed by atoms with van der Waals surface area (Å²) in [6.45, 7) is 9.31. The van der Waals surface area contributed by atoms with Gasteiger partial charge in [0.25, 0.3) is 5.91 Å². The van der Waals surface area contributed by atoms with Gasteiger partial charge in [-0.15, -0.1) is 0 Å². The second kappa shape index (κ2) is 9.86. The van der Waals surface area contributed by atoms with Crippen LogP contribution >= 0.6 is 0 Å². The zero-order valence-corrected chi connectivity index (χ0v) is 20.7. The first kappa shape index (κ1) is 23.0. The molecule has 1 fully saturated rings. The number of benzene rings is 2. The summed E-state index contributed by atoms with van der Waals surface area (Å²) in [6.07, 6.45) is 3.72. The molecule has 7 heteroatoms. The molecule has 180 valence electrons. The molecule has 2 aromatic carbocycles. The highest BCUT2D eigenvalue weighted by Gasteiger charge is 2.25. The summed E-state index contributed by atoms with van der Waals surface area (Å²) in [6, 6.07) is 17.9. The minimum atomic E-state index is 0.0943. The van der Waals surface area contributed by atoms with E-state index in [-0.39, 0.29) is 11.8 Å². The lowest BCUT2D eigenvalue weighted by molar-refractivity contribution is 0.0767. The Balaban J connectivity index is 1.47. The smallest absolute Gasteiger partial charge is 0.253 e. The fraction of sp³-hybridized carbons (Fsp3) is 0.357. The van der Waals surface area contributed by atoms with E-state index in [4.69, 9.17) is 9.97 Å². The lowest BCUT2D eigenvalue weighted by Crippen LogP contribution is -2.35. The number of nitrogens with zero attached hydrogens (tertiary/aromatic N) is 6. The molecule has 0 radical (unpaired) electrons. The monoisotopic (exact) mass is 468 g/mol. The maximum atomic E-state index is 13.1. The maximum Gasteiger partial charge on any atom is 0.253 e. The van der Waals surface area contributed by atoms with E-state index >= 15 is 0 Å². The van der Waals surface area contributed by atoms with Crippen molar-refractivity contribution in [1.82, 2.24) is 24.6 Å². The number of aromatic nitrogens is 4. The van der Waals surface area contributed by atoms with Gasteiger partial charge in [0.1, 0.15) is 11.6 Å². The highest BCUT2D eigenvalue weighted by Crippen LogP contribution is 2.29. The number of carbonyl (C=O) groups is 1. The summed E-state index contributed by atoms with van der Waals surface area (Å²) in [5.74, 6) is 2.09. The lowest BCUT2D eigenvalue weighted by atomic mass is 10.1. The lowest BCUT2D eigenvalue weighted by Gasteiger charge is -2.24. The zero-order chi connectivity index (χ0) is 24.4. The Kier molecular flexibility index (Phi) is 6.49. The molecule has 0 bridgehead atoms. The van der Waals surface area contributed by atoms with Crippen molar-refractivity contribution in [3.63, 3.8) is 0 Å². The first-order valence-corrected chi connectivity index (χ1v) is 12.5. The molecule has 4 aromatic rings. The second-order valence-electron chi connectivity index (χ2n) is 9.34. The molecular weight excluding hydrogens is 436 g/mol. The van der Waals surface area contributed by atoms with Gasteiger partial charge in [-0.1, -0.05) is 49.7 Å². The van der Waals surface area contributed by atoms with Crippen molar-refractivity contribution in [3.8, 4) is 5.69 Å². The van der Waals surface area contributed by atoms with Gasteiger partial charge in [0, 0.05) is 37.7 Å². The van der Waals surface area contributed by atoms with Crippen molar-refractivity contribution in [2.45, 2.75) is 39.5 Å². The van der Waals surface area contributed by atoms with Gasteiger partial charge in [0.2, 0.25) is 0 Å². The van der Waals surface area contributed by atoms with E-state index < -0.39 is 0 Å². The summed E-state index contributed by atoms with van der Waals surface area (Å²) in [5, 5.41) is 5.63. The third-order valence-corrected chi connectivity index (χ3v) is 6.86. The van der Waals surface area contributed by atoms with Gasteiger partial charge in [-0.2, -0.15) is 5.10 Å². The molecule has 0 N–H and O–H groups in total. The van der Waals surface area contributed by atoms with Crippen molar-refractivity contribution in [1.29, 1.82) is 0 Å². The largest absolute Gasteiger partial charge is 0.354 e. The van der Waals surface area contributed by atoms with Gasteiger partial charge in [-0.25, -0.2) is 14.6 Å². The van der Waals surface area contributed by atoms with Crippen LogP contribution in [0.2, 0.25) is 0 Å². The van der Waals surface area contributed by atoms with E-state index in [0.717, 1.165) is 72.0 Å². The Morgan fingerprint density at radius 2 is 1.74 bits per heavy atom. The van der Waals surface area contributed by atoms with Gasteiger partial charge < -0.3 is 9.80 Å². The zero-order valence-electron chi connectivity index (χ0n) is 20.7. The third-order valence-electron chi connectivity index (χ3n) is 6.86. The van der Waals surface area contributed by atoms with E-state index in [2.05, 4.69) is 23.8 Å². The minimum Gasteiger partial charge on any atom is -0.354 e. The average molecular weight is 469 g/mol. The molecule has 1 aliphatic heterocycles. The van der Waals surface area contributed by atoms with Crippen LogP contribution in [0.15, 0.2) is 60.8 Å². The molecule has 0 spiro atoms. The molecule has 1 saturated heterocycles. The van der Waals surface area contributed by atoms with Crippen LogP contribution in [0.1, 0.15) is 54.4 Å². The Morgan fingerprint density at radius 3 is 2.49 bits per heavy atom. The van der Waals surface area contributed by atoms with Crippen LogP contribution in [0.4, 0.5) is 5.82 Å². The molecule has 0 saturated carbocycles. The Bertz CT molecular complexity index is 1310. The number of para-hydroxylation sites is 1. The van der Waals surface area contributed by atoms with Crippen molar-refractivity contribution >= 4 is 22.8 Å². The highest BCUT2D eigenvalue weighted by molar-refractivity contribution is 5.94. The quantitative estimate of drug-likeness (QED) is 0.413. The van der Waals surface area contributed by atoms with Crippen molar-refractivity contribution < 1.29 is 4.79 Å². The Hall–Kier alpha value is -3.74. The molecule has 1 aliphatic rings. The van der Waals surface area contributed by atoms with E-state index in [1.807, 2.05) is 77.3 Å². The fourth-order valence-electron chi connectivity index (χ4n) is 4.52. The van der Waals surface area contributed by atoms with E-state index in [1.54, 1.807) is 0 Å². The number of carbonyl (C=O) groups excluding carboxylic acids is 1. The molecule has 2 aromatic heterocycles. The molecule has 3 heterocycles. The molecular formula is C28H32N6O. The van der Waals surface area contributed by atoms with Crippen molar-refractivity contribution in [2.75, 3.05) is 31.1 Å². The van der Waals surface area contributed by atoms with E-state index in [1.165, 1.54) is 0 Å². The highest BCUT2D eigenvalue weighted by atomic mass is 16.2. The SMILES string of the molecule is CC[C@H](C)c1nc(N2CCCN(C(=O)c3ccc(C)cc3)CC2)c2cnn(-c3ccccc3)c2n1. The van der Waals surface area contributed by atoms with Gasteiger partial charge in [-0.3, -0.25) is 4.79 Å². The van der Waals surface area contributed by atoms with Gasteiger partial charge in [0.15, 0.2) is 5.65 Å². The predicted octanol–water partition coefficient (Wildman–Crippen LogP) is 4.99. The van der Waals surface area contributed by atoms with Crippen LogP contribution < -0.4 is 4.90 Å². The van der Waals surface area contributed by atoms with Crippen molar-refractivity contribution in [2.24, 2.45) is 0 Å². The average Bonchev–Trinajstić information content (AvgIpc) is 3.17. The molecule has 35 heavy (non-hydrogen) atoms. The molecule has 0 unspecified atom stereocenters. The standard InChI is InChI=1S/C28H32N6O/c1-4-21(3)25-30-26(24-19-29-34(27(24)31-25)23-9-6-5-7-10-23)32-15-8-16-33(18-17-32)28(35)22-13-11-20(2)12-14-22/h5-7,9-14,19,21H,4,8,15-18H2,1-3H3/t21-/m0/s1. The van der Waals surface area contributed by atoms with Crippen LogP contribution in [-0.2, 0) is 0 Å². The van der Waals surface area contributed by atoms with Gasteiger partial charge in [0.05, 0.1) is 17.3 Å².